The maximum atomic E-state index is 6.45. The van der Waals surface area contributed by atoms with Gasteiger partial charge < -0.3 is 0 Å². The Bertz CT molecular complexity index is 578. The molecule has 3 heteroatoms. The van der Waals surface area contributed by atoms with Crippen LogP contribution in [0.4, 0.5) is 0 Å². The summed E-state index contributed by atoms with van der Waals surface area (Å²) in [4.78, 5) is 4.76. The fourth-order valence-corrected chi connectivity index (χ4v) is 2.87. The number of hydrogen-bond donors (Lipinski definition) is 0. The molecule has 90 valence electrons. The molecule has 0 aliphatic rings. The third kappa shape index (κ3) is 2.21. The second kappa shape index (κ2) is 4.95. The first kappa shape index (κ1) is 12.8. The van der Waals surface area contributed by atoms with Gasteiger partial charge in [0, 0.05) is 15.6 Å². The van der Waals surface area contributed by atoms with Crippen LogP contribution in [0.25, 0.3) is 10.9 Å². The third-order valence-corrected chi connectivity index (χ3v) is 4.06. The number of halogens is 2. The van der Waals surface area contributed by atoms with Gasteiger partial charge in [0.2, 0.25) is 0 Å². The number of aromatic nitrogens is 1. The number of benzene rings is 1. The van der Waals surface area contributed by atoms with Gasteiger partial charge >= 0.3 is 0 Å². The summed E-state index contributed by atoms with van der Waals surface area (Å²) in [6.45, 7) is 6.30. The Morgan fingerprint density at radius 3 is 2.53 bits per heavy atom. The van der Waals surface area contributed by atoms with Crippen molar-refractivity contribution in [2.24, 2.45) is 0 Å². The molecule has 0 radical (unpaired) electrons. The molecule has 1 aromatic carbocycles. The van der Waals surface area contributed by atoms with Crippen molar-refractivity contribution >= 4 is 38.4 Å². The van der Waals surface area contributed by atoms with Crippen LogP contribution in [0.15, 0.2) is 16.6 Å². The first-order chi connectivity index (χ1) is 8.08. The number of nitrogens with zero attached hydrogens (tertiary/aromatic N) is 1. The van der Waals surface area contributed by atoms with E-state index in [1.165, 1.54) is 5.56 Å². The van der Waals surface area contributed by atoms with Crippen LogP contribution >= 0.6 is 27.5 Å². The second-order valence-electron chi connectivity index (χ2n) is 4.17. The summed E-state index contributed by atoms with van der Waals surface area (Å²) in [5.41, 5.74) is 4.48. The molecule has 2 rings (SSSR count). The Hall–Kier alpha value is -0.600. The molecule has 0 saturated heterocycles. The fourth-order valence-electron chi connectivity index (χ4n) is 2.12. The van der Waals surface area contributed by atoms with E-state index < -0.39 is 0 Å². The topological polar surface area (TPSA) is 12.9 Å². The zero-order chi connectivity index (χ0) is 12.6. The highest BCUT2D eigenvalue weighted by Crippen LogP contribution is 2.32. The molecule has 17 heavy (non-hydrogen) atoms. The molecule has 1 heterocycles. The van der Waals surface area contributed by atoms with Gasteiger partial charge in [-0.05, 0) is 43.0 Å². The summed E-state index contributed by atoms with van der Waals surface area (Å²) < 4.78 is 1.06. The van der Waals surface area contributed by atoms with Crippen molar-refractivity contribution in [2.75, 3.05) is 0 Å². The summed E-state index contributed by atoms with van der Waals surface area (Å²) in [6.07, 6.45) is 1.88. The number of hydrogen-bond acceptors (Lipinski definition) is 1. The molecule has 0 bridgehead atoms. The molecule has 0 aliphatic carbocycles. The summed E-state index contributed by atoms with van der Waals surface area (Å²) in [6, 6.07) is 4.18. The molecule has 0 atom stereocenters. The summed E-state index contributed by atoms with van der Waals surface area (Å²) >= 11 is 9.98. The molecule has 0 fully saturated rings. The molecule has 0 amide bonds. The smallest absolute Gasteiger partial charge is 0.0753 e. The van der Waals surface area contributed by atoms with Gasteiger partial charge in [-0.2, -0.15) is 0 Å². The zero-order valence-electron chi connectivity index (χ0n) is 10.3. The highest BCUT2D eigenvalue weighted by molar-refractivity contribution is 9.10. The number of pyridine rings is 1. The second-order valence-corrected chi connectivity index (χ2v) is 5.46. The van der Waals surface area contributed by atoms with Crippen LogP contribution in [-0.2, 0) is 12.8 Å². The van der Waals surface area contributed by atoms with E-state index in [2.05, 4.69) is 41.9 Å². The highest BCUT2D eigenvalue weighted by Gasteiger charge is 2.12. The van der Waals surface area contributed by atoms with Gasteiger partial charge in [-0.15, -0.1) is 0 Å². The van der Waals surface area contributed by atoms with E-state index in [0.717, 1.165) is 44.5 Å². The molecule has 0 unspecified atom stereocenters. The maximum absolute atomic E-state index is 6.45. The zero-order valence-corrected chi connectivity index (χ0v) is 12.6. The van der Waals surface area contributed by atoms with Crippen molar-refractivity contribution in [2.45, 2.75) is 33.6 Å². The van der Waals surface area contributed by atoms with Gasteiger partial charge in [0.15, 0.2) is 0 Å². The predicted molar refractivity (Wildman–Crippen MR) is 77.9 cm³/mol. The fraction of sp³-hybridized carbons (Fsp3) is 0.357. The first-order valence-electron chi connectivity index (χ1n) is 5.85. The molecular weight excluding hydrogens is 298 g/mol. The Morgan fingerprint density at radius 2 is 1.94 bits per heavy atom. The Labute approximate surface area is 115 Å². The van der Waals surface area contributed by atoms with Crippen LogP contribution in [0.5, 0.6) is 0 Å². The normalized spacial score (nSPS) is 11.1. The molecule has 0 spiro atoms. The van der Waals surface area contributed by atoms with Crippen LogP contribution in [0, 0.1) is 6.92 Å². The molecule has 0 saturated carbocycles. The van der Waals surface area contributed by atoms with E-state index in [1.54, 1.807) is 0 Å². The third-order valence-electron chi connectivity index (χ3n) is 3.11. The van der Waals surface area contributed by atoms with Crippen LogP contribution < -0.4 is 0 Å². The number of rotatable bonds is 2. The van der Waals surface area contributed by atoms with Gasteiger partial charge in [-0.3, -0.25) is 4.98 Å². The van der Waals surface area contributed by atoms with Crippen molar-refractivity contribution < 1.29 is 0 Å². The van der Waals surface area contributed by atoms with Crippen LogP contribution in [0.1, 0.15) is 30.7 Å². The molecule has 0 N–H and O–H groups in total. The highest BCUT2D eigenvalue weighted by atomic mass is 79.9. The summed E-state index contributed by atoms with van der Waals surface area (Å²) in [7, 11) is 0. The minimum absolute atomic E-state index is 0.836. The lowest BCUT2D eigenvalue weighted by Gasteiger charge is -2.12. The van der Waals surface area contributed by atoms with E-state index in [1.807, 2.05) is 6.92 Å². The number of fused-ring (bicyclic) bond motifs is 1. The predicted octanol–water partition coefficient (Wildman–Crippen LogP) is 5.08. The van der Waals surface area contributed by atoms with E-state index in [0.29, 0.717) is 0 Å². The maximum Gasteiger partial charge on any atom is 0.0753 e. The minimum atomic E-state index is 0.836. The monoisotopic (exact) mass is 311 g/mol. The number of aryl methyl sites for hydroxylation is 2. The standard InChI is InChI=1S/C14H15BrClN/c1-4-9-6-10(15)7-11-13(16)8(3)12(5-2)17-14(9)11/h6-7H,4-5H2,1-3H3. The van der Waals surface area contributed by atoms with Gasteiger partial charge in [-0.1, -0.05) is 41.4 Å². The molecule has 0 aliphatic heterocycles. The largest absolute Gasteiger partial charge is 0.252 e. The first-order valence-corrected chi connectivity index (χ1v) is 7.02. The van der Waals surface area contributed by atoms with Crippen LogP contribution in [0.3, 0.4) is 0 Å². The lowest BCUT2D eigenvalue weighted by atomic mass is 10.0. The van der Waals surface area contributed by atoms with E-state index in [9.17, 15) is 0 Å². The lowest BCUT2D eigenvalue weighted by Crippen LogP contribution is -1.97. The Kier molecular flexibility index (Phi) is 3.74. The van der Waals surface area contributed by atoms with Gasteiger partial charge in [0.25, 0.3) is 0 Å². The molecule has 1 nitrogen and oxygen atoms in total. The molecule has 1 aromatic heterocycles. The van der Waals surface area contributed by atoms with Crippen LogP contribution in [-0.4, -0.2) is 4.98 Å². The quantitative estimate of drug-likeness (QED) is 0.753. The minimum Gasteiger partial charge on any atom is -0.252 e. The van der Waals surface area contributed by atoms with Crippen molar-refractivity contribution in [1.29, 1.82) is 0 Å². The van der Waals surface area contributed by atoms with Gasteiger partial charge in [0.1, 0.15) is 0 Å². The van der Waals surface area contributed by atoms with Crippen molar-refractivity contribution in [1.82, 2.24) is 4.98 Å². The lowest BCUT2D eigenvalue weighted by molar-refractivity contribution is 1.02. The van der Waals surface area contributed by atoms with Gasteiger partial charge in [0.05, 0.1) is 10.5 Å². The molecule has 2 aromatic rings. The summed E-state index contributed by atoms with van der Waals surface area (Å²) in [5, 5.41) is 1.88. The van der Waals surface area contributed by atoms with Crippen molar-refractivity contribution in [3.63, 3.8) is 0 Å². The average Bonchev–Trinajstić information content (AvgIpc) is 2.33. The Balaban J connectivity index is 2.90. The van der Waals surface area contributed by atoms with Crippen molar-refractivity contribution in [3.05, 3.63) is 38.4 Å². The van der Waals surface area contributed by atoms with E-state index in [-0.39, 0.29) is 0 Å². The average molecular weight is 313 g/mol. The van der Waals surface area contributed by atoms with E-state index >= 15 is 0 Å². The molecular formula is C14H15BrClN. The summed E-state index contributed by atoms with van der Waals surface area (Å²) in [5.74, 6) is 0. The van der Waals surface area contributed by atoms with Crippen molar-refractivity contribution in [3.8, 4) is 0 Å². The van der Waals surface area contributed by atoms with Gasteiger partial charge in [-0.25, -0.2) is 0 Å². The SMILES string of the molecule is CCc1nc2c(CC)cc(Br)cc2c(Cl)c1C. The van der Waals surface area contributed by atoms with E-state index in [4.69, 9.17) is 16.6 Å². The Morgan fingerprint density at radius 1 is 1.24 bits per heavy atom. The van der Waals surface area contributed by atoms with Crippen LogP contribution in [0.2, 0.25) is 5.02 Å².